The molecule has 0 radical (unpaired) electrons. The molecule has 0 bridgehead atoms. The molecular weight excluding hydrogens is 651 g/mol. The molecule has 18 heteroatoms. The lowest BCUT2D eigenvalue weighted by atomic mass is 9.82. The third-order valence-corrected chi connectivity index (χ3v) is 9.04. The summed E-state index contributed by atoms with van der Waals surface area (Å²) in [7, 11) is -3.83. The zero-order valence-corrected chi connectivity index (χ0v) is 24.3. The first-order valence-corrected chi connectivity index (χ1v) is 14.9. The Morgan fingerprint density at radius 3 is 2.20 bits per heavy atom. The molecule has 2 saturated carbocycles. The van der Waals surface area contributed by atoms with E-state index in [-0.39, 0.29) is 47.8 Å². The summed E-state index contributed by atoms with van der Waals surface area (Å²) < 4.78 is 119. The van der Waals surface area contributed by atoms with Crippen molar-refractivity contribution in [3.63, 3.8) is 0 Å². The molecule has 0 atom stereocenters. The predicted molar refractivity (Wildman–Crippen MR) is 142 cm³/mol. The van der Waals surface area contributed by atoms with Crippen LogP contribution >= 0.6 is 11.6 Å². The first-order valence-electron chi connectivity index (χ1n) is 13.0. The number of carboxylic acid groups (broad SMARTS) is 1. The molecule has 2 N–H and O–H groups in total. The van der Waals surface area contributed by atoms with Gasteiger partial charge in [-0.05, 0) is 49.3 Å². The number of nitrogens with one attached hydrogen (secondary N) is 1. The highest BCUT2D eigenvalue weighted by atomic mass is 35.5. The SMILES string of the molecule is CC1(COc2cc(F)c(C(=O)NS(=O)(=O)C3CC3)cc2C2CC2)CN(c2cc(Cl)ncc2C(F)(F)F)C1.O=C(O)C(F)(F)F. The van der Waals surface area contributed by atoms with Crippen molar-refractivity contribution in [1.82, 2.24) is 9.71 Å². The highest BCUT2D eigenvalue weighted by Gasteiger charge is 2.45. The topological polar surface area (TPSA) is 126 Å². The molecule has 5 rings (SSSR count). The Morgan fingerprint density at radius 2 is 1.70 bits per heavy atom. The number of aliphatic carboxylic acids is 1. The van der Waals surface area contributed by atoms with Gasteiger partial charge in [0, 0.05) is 30.8 Å². The monoisotopic (exact) mass is 675 g/mol. The van der Waals surface area contributed by atoms with Gasteiger partial charge in [-0.1, -0.05) is 18.5 Å². The van der Waals surface area contributed by atoms with Gasteiger partial charge in [-0.2, -0.15) is 26.3 Å². The summed E-state index contributed by atoms with van der Waals surface area (Å²) in [5, 5.41) is 6.45. The lowest BCUT2D eigenvalue weighted by Crippen LogP contribution is -2.58. The number of sulfonamides is 1. The van der Waals surface area contributed by atoms with Gasteiger partial charge in [0.2, 0.25) is 10.0 Å². The Labute approximate surface area is 251 Å². The van der Waals surface area contributed by atoms with E-state index in [1.165, 1.54) is 17.0 Å². The van der Waals surface area contributed by atoms with Crippen molar-refractivity contribution >= 4 is 39.2 Å². The number of aromatic nitrogens is 1. The van der Waals surface area contributed by atoms with Crippen LogP contribution in [-0.2, 0) is 21.0 Å². The van der Waals surface area contributed by atoms with E-state index in [0.29, 0.717) is 24.6 Å². The maximum absolute atomic E-state index is 14.9. The van der Waals surface area contributed by atoms with Gasteiger partial charge in [0.15, 0.2) is 0 Å². The number of carbonyl (C=O) groups excluding carboxylic acids is 1. The number of alkyl halides is 6. The second-order valence-electron chi connectivity index (χ2n) is 11.1. The Balaban J connectivity index is 0.000000566. The molecule has 242 valence electrons. The minimum absolute atomic E-state index is 0.0496. The number of anilines is 1. The van der Waals surface area contributed by atoms with Crippen molar-refractivity contribution < 1.29 is 58.6 Å². The summed E-state index contributed by atoms with van der Waals surface area (Å²) >= 11 is 5.83. The van der Waals surface area contributed by atoms with E-state index < -0.39 is 56.3 Å². The fourth-order valence-corrected chi connectivity index (χ4v) is 5.96. The fraction of sp³-hybridized carbons (Fsp3) is 0.500. The fourth-order valence-electron chi connectivity index (χ4n) is 4.52. The quantitative estimate of drug-likeness (QED) is 0.277. The molecule has 1 aromatic heterocycles. The minimum atomic E-state index is -5.08. The molecule has 3 aliphatic rings. The van der Waals surface area contributed by atoms with E-state index in [9.17, 15) is 43.9 Å². The van der Waals surface area contributed by atoms with Crippen LogP contribution in [0.15, 0.2) is 24.4 Å². The second kappa shape index (κ2) is 11.9. The van der Waals surface area contributed by atoms with Gasteiger partial charge < -0.3 is 14.7 Å². The number of carbonyl (C=O) groups is 2. The highest BCUT2D eigenvalue weighted by Crippen LogP contribution is 2.46. The van der Waals surface area contributed by atoms with E-state index >= 15 is 0 Å². The van der Waals surface area contributed by atoms with Crippen molar-refractivity contribution in [2.24, 2.45) is 5.41 Å². The number of hydrogen-bond donors (Lipinski definition) is 2. The second-order valence-corrected chi connectivity index (χ2v) is 13.4. The number of carboxylic acids is 1. The van der Waals surface area contributed by atoms with Crippen LogP contribution in [0.3, 0.4) is 0 Å². The molecule has 2 aromatic rings. The first-order chi connectivity index (χ1) is 20.2. The first kappa shape index (κ1) is 33.6. The summed E-state index contributed by atoms with van der Waals surface area (Å²) in [6.07, 6.45) is -6.39. The van der Waals surface area contributed by atoms with Gasteiger partial charge in [0.05, 0.1) is 28.7 Å². The van der Waals surface area contributed by atoms with Crippen molar-refractivity contribution in [3.05, 3.63) is 52.1 Å². The summed E-state index contributed by atoms with van der Waals surface area (Å²) in [6, 6.07) is 3.60. The standard InChI is InChI=1S/C24H24ClF4N3O4S.C2HF3O2/c1-23(10-32(11-23)19-8-21(25)30-9-17(19)24(27,28)29)12-36-20-7-18(26)16(6-15(20)13-2-3-13)22(33)31-37(34,35)14-4-5-14;3-2(4,5)1(6)7/h6-9,13-14H,2-5,10-12H2,1H3,(H,31,33);(H,6,7). The number of benzene rings is 1. The van der Waals surface area contributed by atoms with Crippen LogP contribution in [0.2, 0.25) is 5.15 Å². The smallest absolute Gasteiger partial charge is 0.490 e. The zero-order valence-electron chi connectivity index (χ0n) is 22.7. The maximum atomic E-state index is 14.9. The molecule has 1 aliphatic heterocycles. The van der Waals surface area contributed by atoms with Crippen LogP contribution in [0, 0.1) is 11.2 Å². The number of halogens is 8. The molecule has 1 amide bonds. The van der Waals surface area contributed by atoms with Crippen molar-refractivity contribution in [3.8, 4) is 5.75 Å². The van der Waals surface area contributed by atoms with Crippen LogP contribution in [-0.4, -0.2) is 61.5 Å². The molecular formula is C26H25ClF7N3O6S. The van der Waals surface area contributed by atoms with Gasteiger partial charge in [-0.3, -0.25) is 4.79 Å². The van der Waals surface area contributed by atoms with E-state index in [0.717, 1.165) is 18.9 Å². The Kier molecular flexibility index (Phi) is 9.05. The van der Waals surface area contributed by atoms with Crippen LogP contribution in [0.25, 0.3) is 0 Å². The Bertz CT molecular complexity index is 1550. The largest absolute Gasteiger partial charge is 0.492 e. The lowest BCUT2D eigenvalue weighted by molar-refractivity contribution is -0.192. The molecule has 0 unspecified atom stereocenters. The number of amides is 1. The van der Waals surface area contributed by atoms with E-state index in [4.69, 9.17) is 26.2 Å². The Morgan fingerprint density at radius 1 is 1.11 bits per heavy atom. The number of hydrogen-bond acceptors (Lipinski definition) is 7. The normalized spacial score (nSPS) is 18.1. The third-order valence-electron chi connectivity index (χ3n) is 7.02. The van der Waals surface area contributed by atoms with E-state index in [1.807, 2.05) is 11.6 Å². The van der Waals surface area contributed by atoms with Crippen LogP contribution in [0.5, 0.6) is 5.75 Å². The van der Waals surface area contributed by atoms with Crippen LogP contribution in [0.1, 0.15) is 60.0 Å². The van der Waals surface area contributed by atoms with E-state index in [1.54, 1.807) is 0 Å². The summed E-state index contributed by atoms with van der Waals surface area (Å²) in [5.41, 5.74) is -1.23. The molecule has 1 aromatic carbocycles. The number of nitrogens with zero attached hydrogens (tertiary/aromatic N) is 2. The number of pyridine rings is 1. The average molecular weight is 676 g/mol. The van der Waals surface area contributed by atoms with Gasteiger partial charge in [-0.25, -0.2) is 27.3 Å². The molecule has 2 heterocycles. The van der Waals surface area contributed by atoms with Gasteiger partial charge >= 0.3 is 18.3 Å². The van der Waals surface area contributed by atoms with Crippen molar-refractivity contribution in [2.45, 2.75) is 56.1 Å². The van der Waals surface area contributed by atoms with Gasteiger partial charge in [-0.15, -0.1) is 0 Å². The van der Waals surface area contributed by atoms with E-state index in [2.05, 4.69) is 4.98 Å². The number of ether oxygens (including phenoxy) is 1. The molecule has 2 aliphatic carbocycles. The molecule has 0 spiro atoms. The molecule has 9 nitrogen and oxygen atoms in total. The zero-order chi connectivity index (χ0) is 32.8. The molecule has 44 heavy (non-hydrogen) atoms. The summed E-state index contributed by atoms with van der Waals surface area (Å²) in [6.45, 7) is 2.44. The highest BCUT2D eigenvalue weighted by molar-refractivity contribution is 7.91. The lowest BCUT2D eigenvalue weighted by Gasteiger charge is -2.49. The molecule has 3 fully saturated rings. The van der Waals surface area contributed by atoms with Gasteiger partial charge in [0.1, 0.15) is 16.7 Å². The Hall–Kier alpha value is -3.34. The van der Waals surface area contributed by atoms with Crippen LogP contribution in [0.4, 0.5) is 36.4 Å². The van der Waals surface area contributed by atoms with Crippen molar-refractivity contribution in [1.29, 1.82) is 0 Å². The molecule has 1 saturated heterocycles. The summed E-state index contributed by atoms with van der Waals surface area (Å²) in [5.74, 6) is -4.39. The van der Waals surface area contributed by atoms with Gasteiger partial charge in [0.25, 0.3) is 5.91 Å². The number of rotatable bonds is 8. The maximum Gasteiger partial charge on any atom is 0.490 e. The average Bonchev–Trinajstić information content (AvgIpc) is 3.77. The minimum Gasteiger partial charge on any atom is -0.492 e. The summed E-state index contributed by atoms with van der Waals surface area (Å²) in [4.78, 5) is 26.5. The third kappa shape index (κ3) is 8.02. The van der Waals surface area contributed by atoms with Crippen molar-refractivity contribution in [2.75, 3.05) is 24.6 Å². The predicted octanol–water partition coefficient (Wildman–Crippen LogP) is 5.53. The van der Waals surface area contributed by atoms with Crippen LogP contribution < -0.4 is 14.4 Å².